The Morgan fingerprint density at radius 2 is 1.68 bits per heavy atom. The summed E-state index contributed by atoms with van der Waals surface area (Å²) in [4.78, 5) is 0. The molecule has 0 saturated carbocycles. The van der Waals surface area contributed by atoms with Crippen molar-refractivity contribution in [3.05, 3.63) is 59.7 Å². The van der Waals surface area contributed by atoms with E-state index < -0.39 is 0 Å². The highest BCUT2D eigenvalue weighted by Crippen LogP contribution is 2.18. The Morgan fingerprint density at radius 3 is 2.37 bits per heavy atom. The van der Waals surface area contributed by atoms with Gasteiger partial charge in [-0.1, -0.05) is 37.3 Å². The normalized spacial score (nSPS) is 10.2. The van der Waals surface area contributed by atoms with Crippen LogP contribution in [0, 0.1) is 0 Å². The van der Waals surface area contributed by atoms with Crippen molar-refractivity contribution in [2.75, 3.05) is 11.9 Å². The van der Waals surface area contributed by atoms with Crippen molar-refractivity contribution < 1.29 is 4.74 Å². The fourth-order valence-electron chi connectivity index (χ4n) is 1.96. The second kappa shape index (κ2) is 6.83. The summed E-state index contributed by atoms with van der Waals surface area (Å²) in [6, 6.07) is 16.8. The molecule has 2 aromatic carbocycles. The monoisotopic (exact) mass is 255 g/mol. The first kappa shape index (κ1) is 13.5. The SMILES string of the molecule is CCOc1cccc(NCc2ccc(CC)cc2)c1. The van der Waals surface area contributed by atoms with E-state index in [-0.39, 0.29) is 0 Å². The molecule has 0 aliphatic rings. The highest BCUT2D eigenvalue weighted by Gasteiger charge is 1.97. The number of aryl methyl sites for hydroxylation is 1. The fourth-order valence-corrected chi connectivity index (χ4v) is 1.96. The van der Waals surface area contributed by atoms with Gasteiger partial charge in [-0.2, -0.15) is 0 Å². The van der Waals surface area contributed by atoms with E-state index in [2.05, 4.69) is 42.6 Å². The van der Waals surface area contributed by atoms with Gasteiger partial charge in [0.1, 0.15) is 5.75 Å². The minimum absolute atomic E-state index is 0.696. The third kappa shape index (κ3) is 4.02. The van der Waals surface area contributed by atoms with Crippen molar-refractivity contribution in [1.29, 1.82) is 0 Å². The van der Waals surface area contributed by atoms with Gasteiger partial charge in [0, 0.05) is 18.3 Å². The topological polar surface area (TPSA) is 21.3 Å². The Hall–Kier alpha value is -1.96. The first-order valence-corrected chi connectivity index (χ1v) is 6.86. The summed E-state index contributed by atoms with van der Waals surface area (Å²) in [6.07, 6.45) is 1.09. The standard InChI is InChI=1S/C17H21NO/c1-3-14-8-10-15(11-9-14)13-18-16-6-5-7-17(12-16)19-4-2/h5-12,18H,3-4,13H2,1-2H3. The van der Waals surface area contributed by atoms with Gasteiger partial charge in [0.15, 0.2) is 0 Å². The van der Waals surface area contributed by atoms with Gasteiger partial charge < -0.3 is 10.1 Å². The van der Waals surface area contributed by atoms with Crippen LogP contribution in [0.4, 0.5) is 5.69 Å². The van der Waals surface area contributed by atoms with Gasteiger partial charge in [-0.15, -0.1) is 0 Å². The van der Waals surface area contributed by atoms with Gasteiger partial charge in [-0.05, 0) is 36.6 Å². The minimum Gasteiger partial charge on any atom is -0.494 e. The highest BCUT2D eigenvalue weighted by molar-refractivity contribution is 5.48. The molecular weight excluding hydrogens is 234 g/mol. The van der Waals surface area contributed by atoms with Gasteiger partial charge in [-0.25, -0.2) is 0 Å². The zero-order chi connectivity index (χ0) is 13.5. The van der Waals surface area contributed by atoms with Crippen LogP contribution in [0.25, 0.3) is 0 Å². The van der Waals surface area contributed by atoms with Crippen LogP contribution in [-0.2, 0) is 13.0 Å². The van der Waals surface area contributed by atoms with Crippen LogP contribution in [0.1, 0.15) is 25.0 Å². The zero-order valence-electron chi connectivity index (χ0n) is 11.6. The Bertz CT molecular complexity index is 505. The molecular formula is C17H21NO. The first-order chi connectivity index (χ1) is 9.31. The van der Waals surface area contributed by atoms with Crippen LogP contribution in [0.5, 0.6) is 5.75 Å². The molecule has 0 heterocycles. The summed E-state index contributed by atoms with van der Waals surface area (Å²) in [5.41, 5.74) is 3.76. The van der Waals surface area contributed by atoms with E-state index in [0.717, 1.165) is 24.4 Å². The molecule has 0 aliphatic carbocycles. The van der Waals surface area contributed by atoms with Crippen molar-refractivity contribution in [1.82, 2.24) is 0 Å². The number of hydrogen-bond acceptors (Lipinski definition) is 2. The van der Waals surface area contributed by atoms with Gasteiger partial charge in [-0.3, -0.25) is 0 Å². The summed E-state index contributed by atoms with van der Waals surface area (Å²) in [7, 11) is 0. The van der Waals surface area contributed by atoms with Crippen molar-refractivity contribution >= 4 is 5.69 Å². The number of benzene rings is 2. The third-order valence-corrected chi connectivity index (χ3v) is 3.07. The van der Waals surface area contributed by atoms with Crippen LogP contribution in [0.2, 0.25) is 0 Å². The predicted octanol–water partition coefficient (Wildman–Crippen LogP) is 4.26. The van der Waals surface area contributed by atoms with Crippen LogP contribution in [0.3, 0.4) is 0 Å². The molecule has 19 heavy (non-hydrogen) atoms. The van der Waals surface area contributed by atoms with Gasteiger partial charge >= 0.3 is 0 Å². The Labute approximate surface area is 115 Å². The summed E-state index contributed by atoms with van der Waals surface area (Å²) in [5, 5.41) is 3.42. The molecule has 2 rings (SSSR count). The summed E-state index contributed by atoms with van der Waals surface area (Å²) in [5.74, 6) is 0.911. The number of nitrogens with one attached hydrogen (secondary N) is 1. The molecule has 1 N–H and O–H groups in total. The largest absolute Gasteiger partial charge is 0.494 e. The van der Waals surface area contributed by atoms with E-state index in [0.29, 0.717) is 6.61 Å². The number of anilines is 1. The van der Waals surface area contributed by atoms with E-state index in [1.165, 1.54) is 11.1 Å². The van der Waals surface area contributed by atoms with Crippen molar-refractivity contribution in [3.63, 3.8) is 0 Å². The molecule has 0 unspecified atom stereocenters. The second-order valence-electron chi connectivity index (χ2n) is 4.48. The van der Waals surface area contributed by atoms with E-state index in [1.54, 1.807) is 0 Å². The molecule has 0 saturated heterocycles. The van der Waals surface area contributed by atoms with E-state index in [1.807, 2.05) is 25.1 Å². The van der Waals surface area contributed by atoms with Crippen molar-refractivity contribution in [2.24, 2.45) is 0 Å². The molecule has 0 bridgehead atoms. The molecule has 2 heteroatoms. The number of ether oxygens (including phenoxy) is 1. The maximum absolute atomic E-state index is 5.49. The molecule has 2 nitrogen and oxygen atoms in total. The average Bonchev–Trinajstić information content (AvgIpc) is 2.46. The van der Waals surface area contributed by atoms with Crippen molar-refractivity contribution in [2.45, 2.75) is 26.8 Å². The van der Waals surface area contributed by atoms with Gasteiger partial charge in [0.2, 0.25) is 0 Å². The van der Waals surface area contributed by atoms with E-state index in [4.69, 9.17) is 4.74 Å². The first-order valence-electron chi connectivity index (χ1n) is 6.86. The fraction of sp³-hybridized carbons (Fsp3) is 0.294. The van der Waals surface area contributed by atoms with E-state index >= 15 is 0 Å². The van der Waals surface area contributed by atoms with Crippen LogP contribution in [-0.4, -0.2) is 6.61 Å². The number of hydrogen-bond donors (Lipinski definition) is 1. The van der Waals surface area contributed by atoms with Crippen molar-refractivity contribution in [3.8, 4) is 5.75 Å². The lowest BCUT2D eigenvalue weighted by atomic mass is 10.1. The maximum Gasteiger partial charge on any atom is 0.121 e. The summed E-state index contributed by atoms with van der Waals surface area (Å²) >= 11 is 0. The molecule has 2 aromatic rings. The molecule has 0 atom stereocenters. The van der Waals surface area contributed by atoms with Crippen LogP contribution >= 0.6 is 0 Å². The zero-order valence-corrected chi connectivity index (χ0v) is 11.6. The lowest BCUT2D eigenvalue weighted by Crippen LogP contribution is -2.00. The highest BCUT2D eigenvalue weighted by atomic mass is 16.5. The Morgan fingerprint density at radius 1 is 0.947 bits per heavy atom. The smallest absolute Gasteiger partial charge is 0.121 e. The quantitative estimate of drug-likeness (QED) is 0.832. The molecule has 0 amide bonds. The average molecular weight is 255 g/mol. The van der Waals surface area contributed by atoms with Crippen LogP contribution < -0.4 is 10.1 Å². The molecule has 0 radical (unpaired) electrons. The summed E-state index contributed by atoms with van der Waals surface area (Å²) < 4.78 is 5.49. The van der Waals surface area contributed by atoms with Gasteiger partial charge in [0.05, 0.1) is 6.61 Å². The lowest BCUT2D eigenvalue weighted by molar-refractivity contribution is 0.340. The van der Waals surface area contributed by atoms with Gasteiger partial charge in [0.25, 0.3) is 0 Å². The molecule has 0 spiro atoms. The van der Waals surface area contributed by atoms with E-state index in [9.17, 15) is 0 Å². The Kier molecular flexibility index (Phi) is 4.85. The summed E-state index contributed by atoms with van der Waals surface area (Å²) in [6.45, 7) is 5.70. The molecule has 0 aliphatic heterocycles. The second-order valence-corrected chi connectivity index (χ2v) is 4.48. The lowest BCUT2D eigenvalue weighted by Gasteiger charge is -2.09. The molecule has 0 fully saturated rings. The minimum atomic E-state index is 0.696. The third-order valence-electron chi connectivity index (χ3n) is 3.07. The van der Waals surface area contributed by atoms with Crippen LogP contribution in [0.15, 0.2) is 48.5 Å². The number of rotatable bonds is 6. The Balaban J connectivity index is 1.95. The molecule has 100 valence electrons. The predicted molar refractivity (Wildman–Crippen MR) is 80.8 cm³/mol. The maximum atomic E-state index is 5.49. The molecule has 0 aromatic heterocycles.